The number of alkyl halides is 1. The lowest BCUT2D eigenvalue weighted by Gasteiger charge is -2.42. The van der Waals surface area contributed by atoms with Crippen LogP contribution in [0.15, 0.2) is 30.3 Å². The number of rotatable bonds is 4. The van der Waals surface area contributed by atoms with Crippen molar-refractivity contribution in [2.24, 2.45) is 0 Å². The van der Waals surface area contributed by atoms with E-state index in [0.717, 1.165) is 5.69 Å². The number of ether oxygens (including phenoxy) is 1. The normalized spacial score (nSPS) is 27.8. The highest BCUT2D eigenvalue weighted by Crippen LogP contribution is 2.30. The third-order valence-electron chi connectivity index (χ3n) is 4.55. The number of hydrogen-bond acceptors (Lipinski definition) is 4. The Hall–Kier alpha value is -2.15. The number of anilines is 1. The van der Waals surface area contributed by atoms with Gasteiger partial charge in [0.15, 0.2) is 0 Å². The van der Waals surface area contributed by atoms with Gasteiger partial charge in [0, 0.05) is 31.7 Å². The Morgan fingerprint density at radius 3 is 2.83 bits per heavy atom. The van der Waals surface area contributed by atoms with Gasteiger partial charge in [0.25, 0.3) is 0 Å². The number of carbonyl (C=O) groups is 2. The lowest BCUT2D eigenvalue weighted by Crippen LogP contribution is -2.58. The van der Waals surface area contributed by atoms with Crippen molar-refractivity contribution in [3.63, 3.8) is 0 Å². The Morgan fingerprint density at radius 2 is 2.12 bits per heavy atom. The molecule has 6 nitrogen and oxygen atoms in total. The van der Waals surface area contributed by atoms with Crippen molar-refractivity contribution in [1.82, 2.24) is 10.2 Å². The van der Waals surface area contributed by atoms with E-state index in [1.165, 1.54) is 6.92 Å². The first-order valence-electron chi connectivity index (χ1n) is 8.21. The highest BCUT2D eigenvalue weighted by Gasteiger charge is 2.42. The van der Waals surface area contributed by atoms with Gasteiger partial charge in [-0.1, -0.05) is 18.2 Å². The molecule has 3 atom stereocenters. The standard InChI is InChI=1S/C17H22FN3O3/c1-12(22)19-10-15-9-13(18)7-8-20(15)16-11-24-17(23)21(16)14-5-3-2-4-6-14/h2-6,13,15-16H,7-11H2,1H3,(H,19,22). The van der Waals surface area contributed by atoms with Crippen molar-refractivity contribution in [3.8, 4) is 0 Å². The molecule has 130 valence electrons. The topological polar surface area (TPSA) is 61.9 Å². The van der Waals surface area contributed by atoms with Crippen molar-refractivity contribution in [2.75, 3.05) is 24.6 Å². The summed E-state index contributed by atoms with van der Waals surface area (Å²) in [6.07, 6.45) is -0.807. The molecule has 2 aliphatic heterocycles. The van der Waals surface area contributed by atoms with E-state index in [1.807, 2.05) is 30.3 Å². The summed E-state index contributed by atoms with van der Waals surface area (Å²) in [4.78, 5) is 27.1. The van der Waals surface area contributed by atoms with E-state index < -0.39 is 12.3 Å². The highest BCUT2D eigenvalue weighted by atomic mass is 19.1. The van der Waals surface area contributed by atoms with Gasteiger partial charge < -0.3 is 10.1 Å². The third kappa shape index (κ3) is 3.51. The molecule has 24 heavy (non-hydrogen) atoms. The number of cyclic esters (lactones) is 1. The third-order valence-corrected chi connectivity index (χ3v) is 4.55. The molecule has 3 unspecified atom stereocenters. The summed E-state index contributed by atoms with van der Waals surface area (Å²) in [5, 5.41) is 2.76. The maximum Gasteiger partial charge on any atom is 0.415 e. The van der Waals surface area contributed by atoms with Gasteiger partial charge in [-0.2, -0.15) is 0 Å². The average molecular weight is 335 g/mol. The Balaban J connectivity index is 1.81. The van der Waals surface area contributed by atoms with E-state index in [4.69, 9.17) is 4.74 Å². The summed E-state index contributed by atoms with van der Waals surface area (Å²) in [6.45, 7) is 2.57. The second-order valence-corrected chi connectivity index (χ2v) is 6.21. The van der Waals surface area contributed by atoms with Crippen LogP contribution < -0.4 is 10.2 Å². The molecule has 1 N–H and O–H groups in total. The first-order chi connectivity index (χ1) is 11.6. The lowest BCUT2D eigenvalue weighted by molar-refractivity contribution is -0.119. The van der Waals surface area contributed by atoms with Crippen molar-refractivity contribution in [3.05, 3.63) is 30.3 Å². The quantitative estimate of drug-likeness (QED) is 0.913. The number of carbonyl (C=O) groups excluding carboxylic acids is 2. The van der Waals surface area contributed by atoms with Gasteiger partial charge in [0.2, 0.25) is 5.91 Å². The molecule has 1 aromatic rings. The molecule has 0 spiro atoms. The van der Waals surface area contributed by atoms with Gasteiger partial charge in [-0.25, -0.2) is 9.18 Å². The number of benzene rings is 1. The molecule has 2 heterocycles. The molecule has 2 amide bonds. The second kappa shape index (κ2) is 7.17. The predicted molar refractivity (Wildman–Crippen MR) is 87.4 cm³/mol. The zero-order valence-corrected chi connectivity index (χ0v) is 13.7. The number of piperidine rings is 1. The smallest absolute Gasteiger partial charge is 0.415 e. The van der Waals surface area contributed by atoms with Crippen molar-refractivity contribution in [2.45, 2.75) is 38.1 Å². The highest BCUT2D eigenvalue weighted by molar-refractivity contribution is 5.90. The molecule has 0 saturated carbocycles. The molecule has 0 bridgehead atoms. The Morgan fingerprint density at radius 1 is 1.38 bits per heavy atom. The van der Waals surface area contributed by atoms with Gasteiger partial charge >= 0.3 is 6.09 Å². The largest absolute Gasteiger partial charge is 0.445 e. The van der Waals surface area contributed by atoms with Crippen LogP contribution in [0, 0.1) is 0 Å². The first kappa shape index (κ1) is 16.7. The van der Waals surface area contributed by atoms with Crippen LogP contribution in [0.4, 0.5) is 14.9 Å². The number of hydrogen-bond donors (Lipinski definition) is 1. The zero-order chi connectivity index (χ0) is 17.1. The fourth-order valence-electron chi connectivity index (χ4n) is 3.40. The molecule has 2 saturated heterocycles. The fraction of sp³-hybridized carbons (Fsp3) is 0.529. The monoisotopic (exact) mass is 335 g/mol. The number of para-hydroxylation sites is 1. The molecule has 1 aromatic carbocycles. The minimum Gasteiger partial charge on any atom is -0.445 e. The van der Waals surface area contributed by atoms with Crippen LogP contribution in [0.1, 0.15) is 19.8 Å². The van der Waals surface area contributed by atoms with Crippen LogP contribution in [0.25, 0.3) is 0 Å². The van der Waals surface area contributed by atoms with E-state index >= 15 is 0 Å². The van der Waals surface area contributed by atoms with Crippen LogP contribution in [0.3, 0.4) is 0 Å². The van der Waals surface area contributed by atoms with Crippen molar-refractivity contribution >= 4 is 17.7 Å². The van der Waals surface area contributed by atoms with Crippen LogP contribution in [-0.2, 0) is 9.53 Å². The van der Waals surface area contributed by atoms with Gasteiger partial charge in [-0.3, -0.25) is 14.6 Å². The average Bonchev–Trinajstić information content (AvgIpc) is 2.95. The minimum absolute atomic E-state index is 0.144. The number of amides is 2. The molecule has 2 fully saturated rings. The molecular weight excluding hydrogens is 313 g/mol. The predicted octanol–water partition coefficient (Wildman–Crippen LogP) is 1.91. The lowest BCUT2D eigenvalue weighted by atomic mass is 9.99. The van der Waals surface area contributed by atoms with E-state index in [9.17, 15) is 14.0 Å². The van der Waals surface area contributed by atoms with E-state index in [2.05, 4.69) is 10.2 Å². The maximum absolute atomic E-state index is 13.9. The molecule has 0 radical (unpaired) electrons. The van der Waals surface area contributed by atoms with Gasteiger partial charge in [0.05, 0.1) is 0 Å². The molecule has 0 aliphatic carbocycles. The summed E-state index contributed by atoms with van der Waals surface area (Å²) in [7, 11) is 0. The molecular formula is C17H22FN3O3. The van der Waals surface area contributed by atoms with Crippen LogP contribution in [0.5, 0.6) is 0 Å². The summed E-state index contributed by atoms with van der Waals surface area (Å²) in [5.41, 5.74) is 0.755. The minimum atomic E-state index is -0.886. The van der Waals surface area contributed by atoms with Crippen molar-refractivity contribution in [1.29, 1.82) is 0 Å². The summed E-state index contributed by atoms with van der Waals surface area (Å²) in [6, 6.07) is 9.15. The number of nitrogens with one attached hydrogen (secondary N) is 1. The Kier molecular flexibility index (Phi) is 4.99. The number of nitrogens with zero attached hydrogens (tertiary/aromatic N) is 2. The maximum atomic E-state index is 13.9. The summed E-state index contributed by atoms with van der Waals surface area (Å²) in [5.74, 6) is -0.144. The van der Waals surface area contributed by atoms with Gasteiger partial charge in [-0.05, 0) is 25.0 Å². The molecule has 3 rings (SSSR count). The Bertz CT molecular complexity index is 598. The fourth-order valence-corrected chi connectivity index (χ4v) is 3.40. The van der Waals surface area contributed by atoms with Crippen molar-refractivity contribution < 1.29 is 18.7 Å². The molecule has 2 aliphatic rings. The van der Waals surface area contributed by atoms with Gasteiger partial charge in [0.1, 0.15) is 18.9 Å². The first-order valence-corrected chi connectivity index (χ1v) is 8.21. The second-order valence-electron chi connectivity index (χ2n) is 6.21. The van der Waals surface area contributed by atoms with Gasteiger partial charge in [-0.15, -0.1) is 0 Å². The van der Waals surface area contributed by atoms with E-state index in [0.29, 0.717) is 25.9 Å². The number of likely N-dealkylation sites (tertiary alicyclic amines) is 1. The summed E-state index contributed by atoms with van der Waals surface area (Å²) >= 11 is 0. The van der Waals surface area contributed by atoms with Crippen LogP contribution in [-0.4, -0.2) is 55.0 Å². The van der Waals surface area contributed by atoms with Crippen LogP contribution in [0.2, 0.25) is 0 Å². The number of halogens is 1. The summed E-state index contributed by atoms with van der Waals surface area (Å²) < 4.78 is 19.1. The molecule has 0 aromatic heterocycles. The zero-order valence-electron chi connectivity index (χ0n) is 13.7. The van der Waals surface area contributed by atoms with Crippen LogP contribution >= 0.6 is 0 Å². The SMILES string of the molecule is CC(=O)NCC1CC(F)CCN1C1COC(=O)N1c1ccccc1. The van der Waals surface area contributed by atoms with E-state index in [1.54, 1.807) is 4.90 Å². The molecule has 7 heteroatoms. The Labute approximate surface area is 140 Å². The van der Waals surface area contributed by atoms with E-state index in [-0.39, 0.29) is 24.7 Å².